The lowest BCUT2D eigenvalue weighted by Crippen LogP contribution is -2.29. The van der Waals surface area contributed by atoms with Crippen LogP contribution in [-0.2, 0) is 22.7 Å². The van der Waals surface area contributed by atoms with E-state index in [-0.39, 0.29) is 17.7 Å². The fraction of sp³-hybridized carbons (Fsp3) is 0.543. The first-order chi connectivity index (χ1) is 21.4. The zero-order valence-electron chi connectivity index (χ0n) is 26.1. The Kier molecular flexibility index (Phi) is 9.60. The number of aryl methyl sites for hydroxylation is 1. The van der Waals surface area contributed by atoms with E-state index in [0.29, 0.717) is 43.4 Å². The molecule has 0 atom stereocenters. The number of piperidine rings is 1. The topological polar surface area (TPSA) is 90.8 Å². The molecule has 3 aromatic rings. The van der Waals surface area contributed by atoms with Crippen molar-refractivity contribution >= 4 is 40.4 Å². The molecule has 3 fully saturated rings. The van der Waals surface area contributed by atoms with Gasteiger partial charge in [-0.15, -0.1) is 0 Å². The Hall–Kier alpha value is -3.72. The summed E-state index contributed by atoms with van der Waals surface area (Å²) in [5.74, 6) is 1.12. The molecule has 1 N–H and O–H groups in total. The van der Waals surface area contributed by atoms with Gasteiger partial charge in [-0.1, -0.05) is 31.4 Å². The highest BCUT2D eigenvalue weighted by atomic mass is 16.2. The molecule has 0 radical (unpaired) electrons. The first-order valence-corrected chi connectivity index (χ1v) is 16.6. The first-order valence-electron chi connectivity index (χ1n) is 16.6. The number of aromatic nitrogens is 2. The number of rotatable bonds is 11. The van der Waals surface area contributed by atoms with Crippen LogP contribution in [0.4, 0.5) is 11.6 Å². The number of anilines is 2. The Morgan fingerprint density at radius 3 is 2.55 bits per heavy atom. The van der Waals surface area contributed by atoms with Gasteiger partial charge in [0.25, 0.3) is 5.91 Å². The first kappa shape index (κ1) is 30.3. The van der Waals surface area contributed by atoms with E-state index < -0.39 is 0 Å². The third-order valence-corrected chi connectivity index (χ3v) is 9.68. The van der Waals surface area contributed by atoms with Crippen LogP contribution in [0.15, 0.2) is 42.5 Å². The maximum Gasteiger partial charge on any atom is 0.257 e. The van der Waals surface area contributed by atoms with Crippen molar-refractivity contribution in [3.8, 4) is 0 Å². The van der Waals surface area contributed by atoms with Crippen LogP contribution < -0.4 is 10.2 Å². The lowest BCUT2D eigenvalue weighted by Gasteiger charge is -2.26. The molecule has 3 amide bonds. The van der Waals surface area contributed by atoms with Crippen LogP contribution in [0.25, 0.3) is 11.0 Å². The van der Waals surface area contributed by atoms with Gasteiger partial charge in [-0.05, 0) is 93.4 Å². The van der Waals surface area contributed by atoms with Crippen molar-refractivity contribution in [2.24, 2.45) is 5.92 Å². The van der Waals surface area contributed by atoms with Crippen LogP contribution in [0.2, 0.25) is 0 Å². The van der Waals surface area contributed by atoms with Gasteiger partial charge >= 0.3 is 0 Å². The molecular weight excluding hydrogens is 552 g/mol. The Morgan fingerprint density at radius 1 is 0.955 bits per heavy atom. The molecule has 234 valence electrons. The van der Waals surface area contributed by atoms with Crippen molar-refractivity contribution in [3.05, 3.63) is 53.6 Å². The molecule has 0 bridgehead atoms. The van der Waals surface area contributed by atoms with Crippen molar-refractivity contribution in [2.75, 3.05) is 43.4 Å². The SMILES string of the molecule is CN(C(=O)CC1CCCC1)c1ccc2c(c1)nc(NC(=O)c1cccc(CN3CCCCC3)c1)n2CCCN1CCCC1=O. The Balaban J connectivity index is 1.21. The molecular formula is C35H46N6O3. The number of nitrogens with one attached hydrogen (secondary N) is 1. The van der Waals surface area contributed by atoms with E-state index in [1.165, 1.54) is 32.1 Å². The number of imidazole rings is 1. The zero-order chi connectivity index (χ0) is 30.5. The summed E-state index contributed by atoms with van der Waals surface area (Å²) in [6.45, 7) is 5.16. The molecule has 3 aliphatic rings. The second-order valence-electron chi connectivity index (χ2n) is 12.9. The highest BCUT2D eigenvalue weighted by Gasteiger charge is 2.23. The molecule has 3 heterocycles. The number of benzene rings is 2. The monoisotopic (exact) mass is 598 g/mol. The number of carbonyl (C=O) groups is 3. The minimum absolute atomic E-state index is 0.129. The molecule has 6 rings (SSSR count). The van der Waals surface area contributed by atoms with Crippen molar-refractivity contribution in [2.45, 2.75) is 83.7 Å². The Labute approximate surface area is 260 Å². The number of nitrogens with zero attached hydrogens (tertiary/aromatic N) is 5. The molecule has 9 nitrogen and oxygen atoms in total. The Bertz CT molecular complexity index is 1490. The predicted octanol–water partition coefficient (Wildman–Crippen LogP) is 5.83. The maximum atomic E-state index is 13.6. The summed E-state index contributed by atoms with van der Waals surface area (Å²) in [6, 6.07) is 13.8. The van der Waals surface area contributed by atoms with Gasteiger partial charge in [-0.25, -0.2) is 4.98 Å². The summed E-state index contributed by atoms with van der Waals surface area (Å²) >= 11 is 0. The number of carbonyl (C=O) groups excluding carboxylic acids is 3. The summed E-state index contributed by atoms with van der Waals surface area (Å²) in [5, 5.41) is 3.09. The van der Waals surface area contributed by atoms with Gasteiger partial charge in [0.15, 0.2) is 0 Å². The molecule has 2 aromatic carbocycles. The quantitative estimate of drug-likeness (QED) is 0.300. The van der Waals surface area contributed by atoms with Crippen LogP contribution in [0.1, 0.15) is 86.6 Å². The third kappa shape index (κ3) is 7.15. The van der Waals surface area contributed by atoms with Crippen LogP contribution in [-0.4, -0.2) is 70.3 Å². The van der Waals surface area contributed by atoms with E-state index in [2.05, 4.69) is 16.3 Å². The molecule has 9 heteroatoms. The highest BCUT2D eigenvalue weighted by Crippen LogP contribution is 2.30. The zero-order valence-corrected chi connectivity index (χ0v) is 26.1. The van der Waals surface area contributed by atoms with E-state index in [9.17, 15) is 14.4 Å². The van der Waals surface area contributed by atoms with Crippen molar-refractivity contribution in [1.29, 1.82) is 0 Å². The molecule has 44 heavy (non-hydrogen) atoms. The summed E-state index contributed by atoms with van der Waals surface area (Å²) < 4.78 is 2.04. The molecule has 0 unspecified atom stereocenters. The number of hydrogen-bond acceptors (Lipinski definition) is 5. The van der Waals surface area contributed by atoms with Gasteiger partial charge in [-0.2, -0.15) is 0 Å². The normalized spacial score (nSPS) is 17.9. The van der Waals surface area contributed by atoms with Gasteiger partial charge in [0.05, 0.1) is 11.0 Å². The van der Waals surface area contributed by atoms with Crippen LogP contribution >= 0.6 is 0 Å². The van der Waals surface area contributed by atoms with E-state index >= 15 is 0 Å². The van der Waals surface area contributed by atoms with Crippen molar-refractivity contribution in [1.82, 2.24) is 19.4 Å². The summed E-state index contributed by atoms with van der Waals surface area (Å²) in [5.41, 5.74) is 4.18. The minimum Gasteiger partial charge on any atom is -0.343 e. The van der Waals surface area contributed by atoms with E-state index in [4.69, 9.17) is 4.98 Å². The summed E-state index contributed by atoms with van der Waals surface area (Å²) in [6.07, 6.45) is 11.3. The summed E-state index contributed by atoms with van der Waals surface area (Å²) in [4.78, 5) is 49.8. The fourth-order valence-electron chi connectivity index (χ4n) is 7.11. The smallest absolute Gasteiger partial charge is 0.257 e. The second-order valence-corrected chi connectivity index (χ2v) is 12.9. The standard InChI is InChI=1S/C35H46N6O3/c1-38(33(43)23-26-10-3-4-11-26)29-15-16-31-30(24-29)36-35(41(31)21-9-20-40-19-8-14-32(40)42)37-34(44)28-13-7-12-27(22-28)25-39-17-5-2-6-18-39/h7,12-13,15-16,22,24,26H,2-6,8-11,14,17-21,23,25H2,1H3,(H,36,37,44). The summed E-state index contributed by atoms with van der Waals surface area (Å²) in [7, 11) is 1.84. The van der Waals surface area contributed by atoms with Crippen molar-refractivity contribution in [3.63, 3.8) is 0 Å². The molecule has 2 saturated heterocycles. The fourth-order valence-corrected chi connectivity index (χ4v) is 7.11. The van der Waals surface area contributed by atoms with Gasteiger partial charge in [0, 0.05) is 57.3 Å². The Morgan fingerprint density at radius 2 is 1.77 bits per heavy atom. The van der Waals surface area contributed by atoms with Gasteiger partial charge in [0.1, 0.15) is 0 Å². The molecule has 0 spiro atoms. The van der Waals surface area contributed by atoms with Gasteiger partial charge in [-0.3, -0.25) is 24.6 Å². The van der Waals surface area contributed by atoms with Crippen molar-refractivity contribution < 1.29 is 14.4 Å². The van der Waals surface area contributed by atoms with Gasteiger partial charge < -0.3 is 14.4 Å². The van der Waals surface area contributed by atoms with Crippen LogP contribution in [0.5, 0.6) is 0 Å². The van der Waals surface area contributed by atoms with E-state index in [0.717, 1.165) is 74.1 Å². The predicted molar refractivity (Wildman–Crippen MR) is 174 cm³/mol. The highest BCUT2D eigenvalue weighted by molar-refractivity contribution is 6.04. The molecule has 2 aliphatic heterocycles. The number of hydrogen-bond donors (Lipinski definition) is 1. The molecule has 1 aromatic heterocycles. The van der Waals surface area contributed by atoms with Crippen LogP contribution in [0.3, 0.4) is 0 Å². The average molecular weight is 599 g/mol. The molecule has 1 saturated carbocycles. The number of amides is 3. The molecule has 1 aliphatic carbocycles. The third-order valence-electron chi connectivity index (χ3n) is 9.68. The van der Waals surface area contributed by atoms with E-state index in [1.54, 1.807) is 4.90 Å². The lowest BCUT2D eigenvalue weighted by molar-refractivity contribution is -0.127. The maximum absolute atomic E-state index is 13.6. The largest absolute Gasteiger partial charge is 0.343 e. The van der Waals surface area contributed by atoms with Crippen LogP contribution in [0, 0.1) is 5.92 Å². The van der Waals surface area contributed by atoms with E-state index in [1.807, 2.05) is 52.9 Å². The minimum atomic E-state index is -0.194. The average Bonchev–Trinajstić information content (AvgIpc) is 3.78. The van der Waals surface area contributed by atoms with Gasteiger partial charge in [0.2, 0.25) is 17.8 Å². The number of fused-ring (bicyclic) bond motifs is 1. The lowest BCUT2D eigenvalue weighted by atomic mass is 10.0. The second kappa shape index (κ2) is 13.9. The number of likely N-dealkylation sites (tertiary alicyclic amines) is 2.